The molecule has 0 unspecified atom stereocenters. The molecule has 1 aromatic rings. The zero-order valence-electron chi connectivity index (χ0n) is 14.2. The Labute approximate surface area is 134 Å². The Bertz CT molecular complexity index is 458. The van der Waals surface area contributed by atoms with E-state index in [4.69, 9.17) is 0 Å². The molecule has 0 saturated heterocycles. The summed E-state index contributed by atoms with van der Waals surface area (Å²) in [5, 5.41) is 3.54. The molecule has 1 fully saturated rings. The van der Waals surface area contributed by atoms with Crippen molar-refractivity contribution in [2.75, 3.05) is 13.1 Å². The van der Waals surface area contributed by atoms with Crippen molar-refractivity contribution >= 4 is 17.4 Å². The first-order valence-electron chi connectivity index (χ1n) is 8.52. The molecule has 0 spiro atoms. The van der Waals surface area contributed by atoms with Gasteiger partial charge in [0.2, 0.25) is 0 Å². The average Bonchev–Trinajstić information content (AvgIpc) is 2.93. The van der Waals surface area contributed by atoms with Gasteiger partial charge < -0.3 is 5.32 Å². The van der Waals surface area contributed by atoms with Crippen molar-refractivity contribution in [3.8, 4) is 0 Å². The maximum Gasteiger partial charge on any atom is 0.0273 e. The highest BCUT2D eigenvalue weighted by molar-refractivity contribution is 7.13. The van der Waals surface area contributed by atoms with Crippen molar-refractivity contribution in [3.05, 3.63) is 27.5 Å². The zero-order chi connectivity index (χ0) is 15.3. The van der Waals surface area contributed by atoms with Crippen molar-refractivity contribution in [1.29, 1.82) is 0 Å². The summed E-state index contributed by atoms with van der Waals surface area (Å²) >= 11 is 1.96. The lowest BCUT2D eigenvalue weighted by molar-refractivity contribution is 0.397. The zero-order valence-corrected chi connectivity index (χ0v) is 15.0. The third-order valence-corrected chi connectivity index (χ3v) is 5.86. The van der Waals surface area contributed by atoms with Crippen LogP contribution in [0.25, 0.3) is 6.08 Å². The number of likely N-dealkylation sites (N-methyl/N-ethyl adjacent to an activating group) is 1. The molecule has 118 valence electrons. The fraction of sp³-hybridized carbons (Fsp3) is 0.684. The molecule has 0 aromatic carbocycles. The van der Waals surface area contributed by atoms with Crippen LogP contribution in [0.4, 0.5) is 0 Å². The van der Waals surface area contributed by atoms with Crippen LogP contribution < -0.4 is 5.32 Å². The van der Waals surface area contributed by atoms with E-state index in [-0.39, 0.29) is 5.41 Å². The van der Waals surface area contributed by atoms with Crippen LogP contribution in [0.15, 0.2) is 17.7 Å². The second-order valence-electron chi connectivity index (χ2n) is 7.29. The van der Waals surface area contributed by atoms with Gasteiger partial charge in [-0.25, -0.2) is 0 Å². The molecule has 21 heavy (non-hydrogen) atoms. The molecule has 1 aliphatic rings. The van der Waals surface area contributed by atoms with E-state index in [0.29, 0.717) is 0 Å². The maximum absolute atomic E-state index is 3.54. The van der Waals surface area contributed by atoms with Crippen LogP contribution in [-0.4, -0.2) is 13.1 Å². The van der Waals surface area contributed by atoms with E-state index in [1.54, 1.807) is 5.57 Å². The molecule has 1 nitrogen and oxygen atoms in total. The number of rotatable bonds is 5. The lowest BCUT2D eigenvalue weighted by Gasteiger charge is -2.25. The predicted octanol–water partition coefficient (Wildman–Crippen LogP) is 5.62. The minimum absolute atomic E-state index is 0.267. The minimum atomic E-state index is 0.267. The second-order valence-corrected chi connectivity index (χ2v) is 8.40. The van der Waals surface area contributed by atoms with Gasteiger partial charge in [0.15, 0.2) is 0 Å². The van der Waals surface area contributed by atoms with Gasteiger partial charge in [-0.2, -0.15) is 0 Å². The van der Waals surface area contributed by atoms with E-state index >= 15 is 0 Å². The van der Waals surface area contributed by atoms with E-state index < -0.39 is 0 Å². The monoisotopic (exact) mass is 305 g/mol. The molecule has 2 rings (SSSR count). The summed E-state index contributed by atoms with van der Waals surface area (Å²) in [6.07, 6.45) is 9.48. The van der Waals surface area contributed by atoms with E-state index in [1.165, 1.54) is 41.9 Å². The van der Waals surface area contributed by atoms with E-state index in [2.05, 4.69) is 51.2 Å². The van der Waals surface area contributed by atoms with E-state index in [9.17, 15) is 0 Å². The number of nitrogens with one attached hydrogen (secondary N) is 1. The molecule has 0 atom stereocenters. The number of thiophene rings is 1. The van der Waals surface area contributed by atoms with Gasteiger partial charge in [0, 0.05) is 16.3 Å². The van der Waals surface area contributed by atoms with Gasteiger partial charge in [-0.1, -0.05) is 52.5 Å². The Morgan fingerprint density at radius 3 is 2.52 bits per heavy atom. The number of hydrogen-bond acceptors (Lipinski definition) is 2. The van der Waals surface area contributed by atoms with Crippen LogP contribution in [0.3, 0.4) is 0 Å². The van der Waals surface area contributed by atoms with Crippen LogP contribution in [0.1, 0.15) is 69.6 Å². The van der Waals surface area contributed by atoms with E-state index in [0.717, 1.165) is 19.0 Å². The van der Waals surface area contributed by atoms with Gasteiger partial charge in [0.25, 0.3) is 0 Å². The lowest BCUT2D eigenvalue weighted by atomic mass is 9.83. The number of hydrogen-bond donors (Lipinski definition) is 1. The third kappa shape index (κ3) is 4.96. The van der Waals surface area contributed by atoms with Crippen molar-refractivity contribution in [1.82, 2.24) is 5.32 Å². The fourth-order valence-electron chi connectivity index (χ4n) is 3.07. The maximum atomic E-state index is 3.54. The Morgan fingerprint density at radius 1 is 1.24 bits per heavy atom. The van der Waals surface area contributed by atoms with Gasteiger partial charge in [0.05, 0.1) is 0 Å². The summed E-state index contributed by atoms with van der Waals surface area (Å²) in [6, 6.07) is 4.61. The summed E-state index contributed by atoms with van der Waals surface area (Å²) in [4.78, 5) is 2.92. The molecular formula is C19H31NS. The van der Waals surface area contributed by atoms with Crippen LogP contribution in [-0.2, 0) is 5.41 Å². The molecule has 1 N–H and O–H groups in total. The molecular weight excluding hydrogens is 274 g/mol. The van der Waals surface area contributed by atoms with Crippen molar-refractivity contribution in [3.63, 3.8) is 0 Å². The van der Waals surface area contributed by atoms with Crippen molar-refractivity contribution in [2.24, 2.45) is 5.92 Å². The Morgan fingerprint density at radius 2 is 1.95 bits per heavy atom. The molecule has 0 aliphatic heterocycles. The first-order chi connectivity index (χ1) is 10.0. The van der Waals surface area contributed by atoms with Gasteiger partial charge in [0.1, 0.15) is 0 Å². The second kappa shape index (κ2) is 7.60. The predicted molar refractivity (Wildman–Crippen MR) is 96.1 cm³/mol. The summed E-state index contributed by atoms with van der Waals surface area (Å²) in [7, 11) is 0. The quantitative estimate of drug-likeness (QED) is 0.744. The van der Waals surface area contributed by atoms with E-state index in [1.807, 2.05) is 11.3 Å². The summed E-state index contributed by atoms with van der Waals surface area (Å²) < 4.78 is 0. The molecule has 1 aromatic heterocycles. The van der Waals surface area contributed by atoms with Crippen LogP contribution >= 0.6 is 11.3 Å². The first-order valence-corrected chi connectivity index (χ1v) is 9.34. The van der Waals surface area contributed by atoms with Gasteiger partial charge in [-0.3, -0.25) is 0 Å². The molecule has 1 aliphatic carbocycles. The van der Waals surface area contributed by atoms with Gasteiger partial charge >= 0.3 is 0 Å². The summed E-state index contributed by atoms with van der Waals surface area (Å²) in [5.41, 5.74) is 1.89. The third-order valence-electron chi connectivity index (χ3n) is 4.40. The summed E-state index contributed by atoms with van der Waals surface area (Å²) in [6.45, 7) is 11.2. The lowest BCUT2D eigenvalue weighted by Crippen LogP contribution is -2.21. The molecule has 1 heterocycles. The highest BCUT2D eigenvalue weighted by Gasteiger charge is 2.19. The highest BCUT2D eigenvalue weighted by Crippen LogP contribution is 2.34. The largest absolute Gasteiger partial charge is 0.313 e. The van der Waals surface area contributed by atoms with Crippen LogP contribution in [0.5, 0.6) is 0 Å². The topological polar surface area (TPSA) is 12.0 Å². The van der Waals surface area contributed by atoms with Crippen LogP contribution in [0.2, 0.25) is 0 Å². The smallest absolute Gasteiger partial charge is 0.0273 e. The van der Waals surface area contributed by atoms with Crippen LogP contribution in [0, 0.1) is 5.92 Å². The van der Waals surface area contributed by atoms with Gasteiger partial charge in [-0.05, 0) is 48.9 Å². The Kier molecular flexibility index (Phi) is 6.07. The van der Waals surface area contributed by atoms with Crippen molar-refractivity contribution in [2.45, 2.75) is 65.2 Å². The molecule has 0 bridgehead atoms. The molecule has 1 saturated carbocycles. The van der Waals surface area contributed by atoms with Gasteiger partial charge in [-0.15, -0.1) is 11.3 Å². The summed E-state index contributed by atoms with van der Waals surface area (Å²) in [5.74, 6) is 0.804. The average molecular weight is 306 g/mol. The molecule has 0 radical (unpaired) electrons. The van der Waals surface area contributed by atoms with Crippen molar-refractivity contribution < 1.29 is 0 Å². The standard InChI is InChI=1S/C19H31NS/c1-5-20-14-16(15-9-7-6-8-10-15)13-17-11-12-18(21-17)19(2,3)4/h11-13,15,20H,5-10,14H2,1-4H3/b16-13-. The SMILES string of the molecule is CCNC/C(=C/c1ccc(C(C)(C)C)s1)C1CCCCC1. The Balaban J connectivity index is 2.16. The normalized spacial score (nSPS) is 18.2. The minimum Gasteiger partial charge on any atom is -0.313 e. The Hall–Kier alpha value is -0.600. The molecule has 2 heteroatoms. The molecule has 0 amide bonds. The fourth-order valence-corrected chi connectivity index (χ4v) is 4.11. The highest BCUT2D eigenvalue weighted by atomic mass is 32.1. The first kappa shape index (κ1) is 16.8.